The number of ether oxygens (including phenoxy) is 2. The molecule has 2 aromatic heterocycles. The van der Waals surface area contributed by atoms with Gasteiger partial charge in [0.25, 0.3) is 0 Å². The van der Waals surface area contributed by atoms with Gasteiger partial charge < -0.3 is 14.5 Å². The van der Waals surface area contributed by atoms with Crippen LogP contribution < -0.4 is 9.47 Å². The predicted octanol–water partition coefficient (Wildman–Crippen LogP) is 6.03. The molecule has 4 aromatic rings. The predicted molar refractivity (Wildman–Crippen MR) is 124 cm³/mol. The normalized spacial score (nSPS) is 11.9. The summed E-state index contributed by atoms with van der Waals surface area (Å²) < 4.78 is 11.2. The maximum Gasteiger partial charge on any atom is 0.129 e. The largest absolute Gasteiger partial charge is 0.496 e. The molecule has 5 nitrogen and oxygen atoms in total. The molecule has 0 spiro atoms. The molecular weight excluding hydrogens is 374 g/mol. The lowest BCUT2D eigenvalue weighted by Gasteiger charge is -2.12. The molecule has 0 aliphatic rings. The number of nitrogens with one attached hydrogen (secondary N) is 2. The average Bonchev–Trinajstić information content (AvgIpc) is 3.39. The fourth-order valence-corrected chi connectivity index (χ4v) is 3.23. The molecule has 2 aromatic carbocycles. The molecule has 0 saturated carbocycles. The summed E-state index contributed by atoms with van der Waals surface area (Å²) in [6, 6.07) is 16.2. The molecule has 0 fully saturated rings. The number of hydrogen-bond acceptors (Lipinski definition) is 3. The van der Waals surface area contributed by atoms with Crippen LogP contribution in [0.1, 0.15) is 36.4 Å². The van der Waals surface area contributed by atoms with Gasteiger partial charge in [0.15, 0.2) is 0 Å². The van der Waals surface area contributed by atoms with Crippen molar-refractivity contribution in [1.82, 2.24) is 15.2 Å². The lowest BCUT2D eigenvalue weighted by Crippen LogP contribution is -2.05. The second-order valence-corrected chi connectivity index (χ2v) is 7.31. The van der Waals surface area contributed by atoms with Gasteiger partial charge in [-0.05, 0) is 73.4 Å². The third-order valence-electron chi connectivity index (χ3n) is 4.66. The second-order valence-electron chi connectivity index (χ2n) is 7.31. The van der Waals surface area contributed by atoms with E-state index in [9.17, 15) is 0 Å². The third kappa shape index (κ3) is 4.63. The number of H-pyrrole nitrogens is 2. The van der Waals surface area contributed by atoms with Crippen molar-refractivity contribution in [3.8, 4) is 11.5 Å². The van der Waals surface area contributed by atoms with E-state index in [0.717, 1.165) is 39.5 Å². The Kier molecular flexibility index (Phi) is 5.70. The lowest BCUT2D eigenvalue weighted by atomic mass is 10.1. The highest BCUT2D eigenvalue weighted by molar-refractivity contribution is 5.83. The van der Waals surface area contributed by atoms with Crippen LogP contribution in [0.2, 0.25) is 0 Å². The molecule has 4 rings (SSSR count). The van der Waals surface area contributed by atoms with Gasteiger partial charge >= 0.3 is 0 Å². The molecule has 30 heavy (non-hydrogen) atoms. The van der Waals surface area contributed by atoms with Crippen molar-refractivity contribution in [3.63, 3.8) is 0 Å². The molecular formula is C25H25N3O2. The molecule has 0 atom stereocenters. The van der Waals surface area contributed by atoms with E-state index in [1.54, 1.807) is 7.11 Å². The first-order valence-electron chi connectivity index (χ1n) is 9.94. The molecule has 0 amide bonds. The van der Waals surface area contributed by atoms with Gasteiger partial charge in [-0.25, -0.2) is 0 Å². The van der Waals surface area contributed by atoms with E-state index in [2.05, 4.69) is 45.5 Å². The molecule has 0 unspecified atom stereocenters. The van der Waals surface area contributed by atoms with Gasteiger partial charge in [0.2, 0.25) is 0 Å². The van der Waals surface area contributed by atoms with Gasteiger partial charge in [0, 0.05) is 23.3 Å². The lowest BCUT2D eigenvalue weighted by molar-refractivity contribution is 0.241. The van der Waals surface area contributed by atoms with E-state index < -0.39 is 0 Å². The summed E-state index contributed by atoms with van der Waals surface area (Å²) in [5.41, 5.74) is 5.01. The second kappa shape index (κ2) is 8.74. The van der Waals surface area contributed by atoms with Crippen LogP contribution in [0.25, 0.3) is 35.2 Å². The van der Waals surface area contributed by atoms with E-state index in [4.69, 9.17) is 9.47 Å². The third-order valence-corrected chi connectivity index (χ3v) is 4.66. The number of hydrogen-bond donors (Lipinski definition) is 2. The van der Waals surface area contributed by atoms with Gasteiger partial charge in [-0.2, -0.15) is 5.10 Å². The van der Waals surface area contributed by atoms with Crippen LogP contribution in [0.5, 0.6) is 11.5 Å². The first kappa shape index (κ1) is 19.6. The zero-order valence-electron chi connectivity index (χ0n) is 17.3. The van der Waals surface area contributed by atoms with E-state index in [1.807, 2.05) is 62.5 Å². The Morgan fingerprint density at radius 2 is 1.83 bits per heavy atom. The van der Waals surface area contributed by atoms with Gasteiger partial charge in [0.05, 0.1) is 24.6 Å². The monoisotopic (exact) mass is 399 g/mol. The minimum Gasteiger partial charge on any atom is -0.496 e. The SMILES string of the molecule is COc1cc(OC(C)C)ccc1/C=C/c1cc(/C=C/c2ccc3cc[nH]c3c2)n[nH]1. The summed E-state index contributed by atoms with van der Waals surface area (Å²) in [7, 11) is 1.66. The Morgan fingerprint density at radius 1 is 0.933 bits per heavy atom. The van der Waals surface area contributed by atoms with Crippen LogP contribution in [0, 0.1) is 0 Å². The van der Waals surface area contributed by atoms with Crippen LogP contribution >= 0.6 is 0 Å². The first-order valence-corrected chi connectivity index (χ1v) is 9.94. The highest BCUT2D eigenvalue weighted by atomic mass is 16.5. The van der Waals surface area contributed by atoms with Crippen LogP contribution in [0.3, 0.4) is 0 Å². The van der Waals surface area contributed by atoms with Gasteiger partial charge in [-0.3, -0.25) is 5.10 Å². The van der Waals surface area contributed by atoms with Crippen molar-refractivity contribution in [2.75, 3.05) is 7.11 Å². The van der Waals surface area contributed by atoms with Crippen LogP contribution in [0.4, 0.5) is 0 Å². The van der Waals surface area contributed by atoms with Crippen molar-refractivity contribution in [2.24, 2.45) is 0 Å². The van der Waals surface area contributed by atoms with E-state index >= 15 is 0 Å². The highest BCUT2D eigenvalue weighted by Gasteiger charge is 2.05. The topological polar surface area (TPSA) is 62.9 Å². The maximum atomic E-state index is 5.73. The fraction of sp³-hybridized carbons (Fsp3) is 0.160. The molecule has 0 aliphatic carbocycles. The number of methoxy groups -OCH3 is 1. The summed E-state index contributed by atoms with van der Waals surface area (Å²) in [6.45, 7) is 4.01. The average molecular weight is 399 g/mol. The molecule has 0 aliphatic heterocycles. The smallest absolute Gasteiger partial charge is 0.129 e. The summed E-state index contributed by atoms with van der Waals surface area (Å²) >= 11 is 0. The van der Waals surface area contributed by atoms with Gasteiger partial charge in [-0.15, -0.1) is 0 Å². The van der Waals surface area contributed by atoms with Gasteiger partial charge in [0.1, 0.15) is 11.5 Å². The molecule has 0 bridgehead atoms. The van der Waals surface area contributed by atoms with Crippen LogP contribution in [0.15, 0.2) is 54.7 Å². The van der Waals surface area contributed by atoms with Crippen molar-refractivity contribution in [3.05, 3.63) is 77.2 Å². The summed E-state index contributed by atoms with van der Waals surface area (Å²) in [4.78, 5) is 3.23. The number of aromatic nitrogens is 3. The minimum absolute atomic E-state index is 0.123. The number of aromatic amines is 2. The standard InChI is InChI=1S/C25H25N3O2/c1-17(2)30-23-11-8-20(25(16-23)29-3)7-10-22-15-21(27-28-22)9-5-18-4-6-19-12-13-26-24(19)14-18/h4-17,26H,1-3H3,(H,27,28)/b9-5+,10-7+. The first-order chi connectivity index (χ1) is 14.6. The van der Waals surface area contributed by atoms with Crippen molar-refractivity contribution >= 4 is 35.2 Å². The number of rotatable bonds is 7. The summed E-state index contributed by atoms with van der Waals surface area (Å²) in [5.74, 6) is 1.56. The Morgan fingerprint density at radius 3 is 2.67 bits per heavy atom. The molecule has 0 radical (unpaired) electrons. The maximum absolute atomic E-state index is 5.73. The molecule has 152 valence electrons. The van der Waals surface area contributed by atoms with Crippen molar-refractivity contribution in [2.45, 2.75) is 20.0 Å². The number of nitrogens with zero attached hydrogens (tertiary/aromatic N) is 1. The Balaban J connectivity index is 1.46. The molecule has 0 saturated heterocycles. The highest BCUT2D eigenvalue weighted by Crippen LogP contribution is 2.27. The number of fused-ring (bicyclic) bond motifs is 1. The fourth-order valence-electron chi connectivity index (χ4n) is 3.23. The zero-order valence-corrected chi connectivity index (χ0v) is 17.3. The van der Waals surface area contributed by atoms with E-state index in [-0.39, 0.29) is 6.10 Å². The van der Waals surface area contributed by atoms with Crippen LogP contribution in [-0.4, -0.2) is 28.4 Å². The quantitative estimate of drug-likeness (QED) is 0.399. The van der Waals surface area contributed by atoms with Crippen LogP contribution in [-0.2, 0) is 0 Å². The zero-order chi connectivity index (χ0) is 20.9. The van der Waals surface area contributed by atoms with E-state index in [1.165, 1.54) is 5.39 Å². The molecule has 2 N–H and O–H groups in total. The Hall–Kier alpha value is -3.73. The van der Waals surface area contributed by atoms with Crippen molar-refractivity contribution < 1.29 is 9.47 Å². The Bertz CT molecular complexity index is 1200. The summed E-state index contributed by atoms with van der Waals surface area (Å²) in [6.07, 6.45) is 10.1. The van der Waals surface area contributed by atoms with Gasteiger partial charge in [-0.1, -0.05) is 18.2 Å². The molecule has 5 heteroatoms. The number of benzene rings is 2. The Labute approximate surface area is 176 Å². The van der Waals surface area contributed by atoms with Crippen molar-refractivity contribution in [1.29, 1.82) is 0 Å². The summed E-state index contributed by atoms with van der Waals surface area (Å²) in [5, 5.41) is 8.62. The minimum atomic E-state index is 0.123. The molecule has 2 heterocycles. The van der Waals surface area contributed by atoms with E-state index in [0.29, 0.717) is 0 Å².